The number of methoxy groups -OCH3 is 1. The first kappa shape index (κ1) is 21.1. The van der Waals surface area contributed by atoms with Gasteiger partial charge in [0.25, 0.3) is 11.9 Å². The number of carbonyl (C=O) groups is 1. The van der Waals surface area contributed by atoms with Crippen molar-refractivity contribution >= 4 is 17.6 Å². The maximum atomic E-state index is 14.8. The number of anilines is 1. The van der Waals surface area contributed by atoms with E-state index in [0.29, 0.717) is 5.56 Å². The van der Waals surface area contributed by atoms with Crippen LogP contribution in [0.1, 0.15) is 28.5 Å². The minimum atomic E-state index is -1.40. The fraction of sp³-hybridized carbons (Fsp3) is 0.300. The first-order valence-electron chi connectivity index (χ1n) is 8.90. The summed E-state index contributed by atoms with van der Waals surface area (Å²) < 4.78 is 38.7. The molecule has 0 bridgehead atoms. The van der Waals surface area contributed by atoms with Gasteiger partial charge in [-0.1, -0.05) is 0 Å². The van der Waals surface area contributed by atoms with Crippen LogP contribution < -0.4 is 11.1 Å². The van der Waals surface area contributed by atoms with Crippen LogP contribution in [0.5, 0.6) is 0 Å². The van der Waals surface area contributed by atoms with E-state index >= 15 is 0 Å². The molecule has 0 spiro atoms. The zero-order chi connectivity index (χ0) is 21.9. The fourth-order valence-corrected chi connectivity index (χ4v) is 3.39. The van der Waals surface area contributed by atoms with Gasteiger partial charge in [-0.3, -0.25) is 4.79 Å². The van der Waals surface area contributed by atoms with Crippen LogP contribution in [-0.4, -0.2) is 42.9 Å². The van der Waals surface area contributed by atoms with Gasteiger partial charge in [0.05, 0.1) is 5.56 Å². The molecule has 1 aromatic carbocycles. The maximum absolute atomic E-state index is 14.8. The highest BCUT2D eigenvalue weighted by atomic mass is 19.1. The van der Waals surface area contributed by atoms with Crippen LogP contribution >= 0.6 is 0 Å². The smallest absolute Gasteiger partial charge is 0.283 e. The molecule has 0 aliphatic carbocycles. The number of hydrogen-bond acceptors (Lipinski definition) is 7. The number of halogens is 2. The first-order chi connectivity index (χ1) is 14.3. The number of nitrogens with one attached hydrogen (secondary N) is 1. The molecule has 1 aliphatic heterocycles. The molecule has 8 nitrogen and oxygen atoms in total. The van der Waals surface area contributed by atoms with E-state index in [9.17, 15) is 13.6 Å². The van der Waals surface area contributed by atoms with Gasteiger partial charge < -0.3 is 20.5 Å². The average molecular weight is 415 g/mol. The minimum absolute atomic E-state index is 0.0460. The van der Waals surface area contributed by atoms with Crippen LogP contribution in [0.4, 0.5) is 14.5 Å². The third-order valence-corrected chi connectivity index (χ3v) is 4.81. The van der Waals surface area contributed by atoms with Gasteiger partial charge in [-0.2, -0.15) is 5.26 Å². The van der Waals surface area contributed by atoms with Crippen molar-refractivity contribution < 1.29 is 23.0 Å². The third-order valence-electron chi connectivity index (χ3n) is 4.81. The predicted molar refractivity (Wildman–Crippen MR) is 104 cm³/mol. The second-order valence-corrected chi connectivity index (χ2v) is 6.76. The van der Waals surface area contributed by atoms with Crippen molar-refractivity contribution in [1.82, 2.24) is 4.98 Å². The number of ether oxygens (including phenoxy) is 2. The van der Waals surface area contributed by atoms with E-state index < -0.39 is 36.1 Å². The number of aromatic nitrogens is 1. The van der Waals surface area contributed by atoms with Crippen molar-refractivity contribution in [2.24, 2.45) is 10.7 Å². The van der Waals surface area contributed by atoms with Gasteiger partial charge in [0.1, 0.15) is 35.9 Å². The highest BCUT2D eigenvalue weighted by Crippen LogP contribution is 2.39. The summed E-state index contributed by atoms with van der Waals surface area (Å²) in [7, 11) is 1.34. The van der Waals surface area contributed by atoms with Crippen molar-refractivity contribution in [2.45, 2.75) is 24.7 Å². The third kappa shape index (κ3) is 3.92. The molecule has 156 valence electrons. The number of rotatable bonds is 5. The molecular weight excluding hydrogens is 396 g/mol. The van der Waals surface area contributed by atoms with E-state index in [1.165, 1.54) is 37.6 Å². The number of hydrogen-bond donors (Lipinski definition) is 2. The van der Waals surface area contributed by atoms with Crippen molar-refractivity contribution in [3.8, 4) is 6.07 Å². The summed E-state index contributed by atoms with van der Waals surface area (Å²) >= 11 is 0. The topological polar surface area (TPSA) is 123 Å². The highest BCUT2D eigenvalue weighted by Gasteiger charge is 2.47. The fourth-order valence-electron chi connectivity index (χ4n) is 3.39. The molecular formula is C20H19F2N5O3. The number of amides is 1. The summed E-state index contributed by atoms with van der Waals surface area (Å²) in [5.74, 6) is -1.19. The lowest BCUT2D eigenvalue weighted by atomic mass is 9.83. The number of nitrogens with two attached hydrogens (primary N) is 1. The van der Waals surface area contributed by atoms with Crippen molar-refractivity contribution in [2.75, 3.05) is 19.1 Å². The molecule has 2 aromatic rings. The lowest BCUT2D eigenvalue weighted by molar-refractivity contribution is -0.0705. The molecule has 1 aliphatic rings. The molecule has 30 heavy (non-hydrogen) atoms. The molecule has 3 atom stereocenters. The molecule has 0 radical (unpaired) electrons. The van der Waals surface area contributed by atoms with Gasteiger partial charge in [0.15, 0.2) is 6.10 Å². The summed E-state index contributed by atoms with van der Waals surface area (Å²) in [6, 6.07) is 8.37. The lowest BCUT2D eigenvalue weighted by Crippen LogP contribution is -2.53. The number of carbonyl (C=O) groups excluding carboxylic acids is 1. The summed E-state index contributed by atoms with van der Waals surface area (Å²) in [6.07, 6.45) is -0.764. The molecule has 0 unspecified atom stereocenters. The normalized spacial score (nSPS) is 23.1. The van der Waals surface area contributed by atoms with E-state index in [1.54, 1.807) is 6.92 Å². The minimum Gasteiger partial charge on any atom is -0.456 e. The summed E-state index contributed by atoms with van der Waals surface area (Å²) in [4.78, 5) is 20.5. The summed E-state index contributed by atoms with van der Waals surface area (Å²) in [6.45, 7) is 0.637. The van der Waals surface area contributed by atoms with Gasteiger partial charge in [0, 0.05) is 24.6 Å². The van der Waals surface area contributed by atoms with Crippen molar-refractivity contribution in [3.63, 3.8) is 0 Å². The van der Waals surface area contributed by atoms with Gasteiger partial charge in [0.2, 0.25) is 0 Å². The van der Waals surface area contributed by atoms with Gasteiger partial charge >= 0.3 is 0 Å². The zero-order valence-corrected chi connectivity index (χ0v) is 16.2. The molecule has 2 heterocycles. The number of alkyl halides is 1. The Labute approximate surface area is 171 Å². The van der Waals surface area contributed by atoms with Crippen molar-refractivity contribution in [1.29, 1.82) is 5.26 Å². The van der Waals surface area contributed by atoms with E-state index in [1.807, 2.05) is 6.07 Å². The van der Waals surface area contributed by atoms with E-state index in [4.69, 9.17) is 20.5 Å². The molecule has 3 rings (SSSR count). The Hall–Kier alpha value is -3.58. The molecule has 0 saturated carbocycles. The molecule has 0 saturated heterocycles. The average Bonchev–Trinajstić information content (AvgIpc) is 2.74. The van der Waals surface area contributed by atoms with Crippen LogP contribution in [0, 0.1) is 17.1 Å². The molecule has 0 fully saturated rings. The zero-order valence-electron chi connectivity index (χ0n) is 16.2. The number of pyridine rings is 1. The largest absolute Gasteiger partial charge is 0.456 e. The number of nitriles is 1. The number of benzene rings is 1. The van der Waals surface area contributed by atoms with Gasteiger partial charge in [-0.25, -0.2) is 18.8 Å². The lowest BCUT2D eigenvalue weighted by Gasteiger charge is -2.41. The van der Waals surface area contributed by atoms with Gasteiger partial charge in [-0.15, -0.1) is 0 Å². The number of nitrogens with zero attached hydrogens (tertiary/aromatic N) is 3. The Bertz CT molecular complexity index is 1020. The Morgan fingerprint density at radius 1 is 1.43 bits per heavy atom. The van der Waals surface area contributed by atoms with Crippen LogP contribution in [-0.2, 0) is 15.0 Å². The van der Waals surface area contributed by atoms with Crippen LogP contribution in [0.25, 0.3) is 0 Å². The Balaban J connectivity index is 1.95. The van der Waals surface area contributed by atoms with E-state index in [2.05, 4.69) is 15.3 Å². The predicted octanol–water partition coefficient (Wildman–Crippen LogP) is 2.26. The highest BCUT2D eigenvalue weighted by molar-refractivity contribution is 6.02. The summed E-state index contributed by atoms with van der Waals surface area (Å²) in [5.41, 5.74) is 4.98. The van der Waals surface area contributed by atoms with Crippen LogP contribution in [0.15, 0.2) is 41.5 Å². The second kappa shape index (κ2) is 8.42. The second-order valence-electron chi connectivity index (χ2n) is 6.76. The standard InChI is InChI=1S/C20H19F2N5O3/c1-20(17(29-2)16(8-21)30-19(24)27-20)13-7-12(4-5-14(13)22)26-18(28)15-6-3-11(9-23)10-25-15/h3-7,10,16-17H,8H2,1-2H3,(H2,24,27)(H,26,28)/t16-,17+,20-/m1/s1. The first-order valence-corrected chi connectivity index (χ1v) is 8.90. The molecule has 10 heteroatoms. The van der Waals surface area contributed by atoms with E-state index in [0.717, 1.165) is 6.07 Å². The van der Waals surface area contributed by atoms with Crippen LogP contribution in [0.3, 0.4) is 0 Å². The monoisotopic (exact) mass is 415 g/mol. The van der Waals surface area contributed by atoms with E-state index in [-0.39, 0.29) is 23.0 Å². The Morgan fingerprint density at radius 3 is 2.80 bits per heavy atom. The molecule has 1 aromatic heterocycles. The van der Waals surface area contributed by atoms with Gasteiger partial charge in [-0.05, 0) is 37.3 Å². The maximum Gasteiger partial charge on any atom is 0.283 e. The Morgan fingerprint density at radius 2 is 2.20 bits per heavy atom. The molecule has 1 amide bonds. The Kier molecular flexibility index (Phi) is 5.94. The SMILES string of the molecule is CO[C@H]1[C@@H](CF)OC(N)=N[C@]1(C)c1cc(NC(=O)c2ccc(C#N)cn2)ccc1F. The number of amidine groups is 1. The quantitative estimate of drug-likeness (QED) is 0.772. The summed E-state index contributed by atoms with van der Waals surface area (Å²) in [5, 5.41) is 11.4. The number of aliphatic imine (C=N–C) groups is 1. The van der Waals surface area contributed by atoms with Crippen molar-refractivity contribution in [3.05, 3.63) is 59.2 Å². The van der Waals surface area contributed by atoms with Crippen LogP contribution in [0.2, 0.25) is 0 Å². The molecule has 3 N–H and O–H groups in total.